The van der Waals surface area contributed by atoms with Crippen molar-refractivity contribution in [3.63, 3.8) is 0 Å². The van der Waals surface area contributed by atoms with Crippen LogP contribution in [0.15, 0.2) is 48.8 Å². The summed E-state index contributed by atoms with van der Waals surface area (Å²) in [7, 11) is 3.14. The Balaban J connectivity index is 1.84. The van der Waals surface area contributed by atoms with Gasteiger partial charge in [-0.25, -0.2) is 4.98 Å². The van der Waals surface area contributed by atoms with Gasteiger partial charge >= 0.3 is 0 Å². The van der Waals surface area contributed by atoms with Gasteiger partial charge in [0.2, 0.25) is 5.91 Å². The first kappa shape index (κ1) is 15.9. The number of nitrogens with zero attached hydrogens (tertiary/aromatic N) is 2. The molecule has 3 rings (SSSR count). The molecular formula is C18H19N3O3. The largest absolute Gasteiger partial charge is 0.497 e. The first-order chi connectivity index (χ1) is 11.6. The Morgan fingerprint density at radius 2 is 1.79 bits per heavy atom. The van der Waals surface area contributed by atoms with E-state index in [1.807, 2.05) is 35.8 Å². The number of hydrogen-bond donors (Lipinski definition) is 1. The van der Waals surface area contributed by atoms with Crippen molar-refractivity contribution in [2.45, 2.75) is 13.0 Å². The van der Waals surface area contributed by atoms with Crippen molar-refractivity contribution >= 4 is 22.6 Å². The van der Waals surface area contributed by atoms with E-state index in [4.69, 9.17) is 9.47 Å². The van der Waals surface area contributed by atoms with Crippen molar-refractivity contribution in [3.8, 4) is 11.5 Å². The normalized spacial score (nSPS) is 12.0. The second-order valence-corrected chi connectivity index (χ2v) is 5.41. The van der Waals surface area contributed by atoms with Crippen molar-refractivity contribution in [3.05, 3.63) is 48.8 Å². The van der Waals surface area contributed by atoms with Crippen molar-refractivity contribution < 1.29 is 14.3 Å². The van der Waals surface area contributed by atoms with E-state index in [0.717, 1.165) is 11.0 Å². The third-order valence-electron chi connectivity index (χ3n) is 3.90. The van der Waals surface area contributed by atoms with Gasteiger partial charge in [0.15, 0.2) is 0 Å². The molecule has 0 saturated carbocycles. The number of carbonyl (C=O) groups is 1. The van der Waals surface area contributed by atoms with Crippen molar-refractivity contribution in [2.24, 2.45) is 0 Å². The predicted octanol–water partition coefficient (Wildman–Crippen LogP) is 3.25. The number of hydrogen-bond acceptors (Lipinski definition) is 4. The fraction of sp³-hybridized carbons (Fsp3) is 0.222. The number of rotatable bonds is 5. The highest BCUT2D eigenvalue weighted by atomic mass is 16.5. The van der Waals surface area contributed by atoms with E-state index in [-0.39, 0.29) is 5.91 Å². The van der Waals surface area contributed by atoms with Crippen LogP contribution in [0.3, 0.4) is 0 Å². The molecule has 0 aliphatic rings. The number of para-hydroxylation sites is 2. The van der Waals surface area contributed by atoms with Crippen molar-refractivity contribution in [2.75, 3.05) is 19.5 Å². The van der Waals surface area contributed by atoms with E-state index in [2.05, 4.69) is 10.3 Å². The Morgan fingerprint density at radius 3 is 2.46 bits per heavy atom. The number of ether oxygens (including phenoxy) is 2. The molecule has 1 unspecified atom stereocenters. The molecule has 0 fully saturated rings. The molecule has 0 radical (unpaired) electrons. The molecule has 0 spiro atoms. The van der Waals surface area contributed by atoms with Crippen LogP contribution >= 0.6 is 0 Å². The van der Waals surface area contributed by atoms with Crippen LogP contribution in [0.25, 0.3) is 11.0 Å². The number of benzene rings is 2. The van der Waals surface area contributed by atoms with Gasteiger partial charge in [0.1, 0.15) is 17.5 Å². The second-order valence-electron chi connectivity index (χ2n) is 5.41. The summed E-state index contributed by atoms with van der Waals surface area (Å²) >= 11 is 0. The molecule has 6 heteroatoms. The number of carbonyl (C=O) groups excluding carboxylic acids is 1. The highest BCUT2D eigenvalue weighted by Crippen LogP contribution is 2.26. The molecule has 1 amide bonds. The Bertz CT molecular complexity index is 851. The van der Waals surface area contributed by atoms with E-state index in [1.165, 1.54) is 0 Å². The number of amides is 1. The molecule has 24 heavy (non-hydrogen) atoms. The minimum absolute atomic E-state index is 0.145. The highest BCUT2D eigenvalue weighted by molar-refractivity contribution is 5.95. The van der Waals surface area contributed by atoms with Crippen molar-refractivity contribution in [1.82, 2.24) is 9.55 Å². The molecule has 0 saturated heterocycles. The minimum Gasteiger partial charge on any atom is -0.497 e. The number of anilines is 1. The van der Waals surface area contributed by atoms with Gasteiger partial charge in [0.25, 0.3) is 0 Å². The maximum Gasteiger partial charge on any atom is 0.247 e. The van der Waals surface area contributed by atoms with Gasteiger partial charge in [-0.15, -0.1) is 0 Å². The summed E-state index contributed by atoms with van der Waals surface area (Å²) in [5.74, 6) is 1.09. The topological polar surface area (TPSA) is 65.4 Å². The molecule has 1 N–H and O–H groups in total. The third kappa shape index (κ3) is 3.03. The Morgan fingerprint density at radius 1 is 1.12 bits per heavy atom. The number of nitrogens with one attached hydrogen (secondary N) is 1. The van der Waals surface area contributed by atoms with E-state index in [9.17, 15) is 4.79 Å². The Kier molecular flexibility index (Phi) is 4.37. The molecule has 0 aliphatic heterocycles. The Labute approximate surface area is 140 Å². The van der Waals surface area contributed by atoms with Gasteiger partial charge in [-0.05, 0) is 19.1 Å². The van der Waals surface area contributed by atoms with Crippen LogP contribution in [0.2, 0.25) is 0 Å². The number of aromatic nitrogens is 2. The summed E-state index contributed by atoms with van der Waals surface area (Å²) in [6, 6.07) is 12.6. The average Bonchev–Trinajstić information content (AvgIpc) is 3.04. The minimum atomic E-state index is -0.408. The first-order valence-electron chi connectivity index (χ1n) is 7.58. The van der Waals surface area contributed by atoms with E-state index in [1.54, 1.807) is 38.7 Å². The molecule has 2 aromatic carbocycles. The van der Waals surface area contributed by atoms with Crippen LogP contribution < -0.4 is 14.8 Å². The van der Waals surface area contributed by atoms with Crippen LogP contribution in [0.5, 0.6) is 11.5 Å². The lowest BCUT2D eigenvalue weighted by Gasteiger charge is -2.15. The summed E-state index contributed by atoms with van der Waals surface area (Å²) < 4.78 is 12.3. The van der Waals surface area contributed by atoms with Crippen LogP contribution in [0.4, 0.5) is 5.69 Å². The number of fused-ring (bicyclic) bond motifs is 1. The summed E-state index contributed by atoms with van der Waals surface area (Å²) in [5, 5.41) is 2.90. The third-order valence-corrected chi connectivity index (χ3v) is 3.90. The van der Waals surface area contributed by atoms with Crippen LogP contribution in [0, 0.1) is 0 Å². The molecule has 124 valence electrons. The molecule has 6 nitrogen and oxygen atoms in total. The fourth-order valence-electron chi connectivity index (χ4n) is 2.54. The van der Waals surface area contributed by atoms with Crippen LogP contribution in [0.1, 0.15) is 13.0 Å². The number of imidazole rings is 1. The average molecular weight is 325 g/mol. The van der Waals surface area contributed by atoms with Gasteiger partial charge in [0, 0.05) is 23.9 Å². The maximum absolute atomic E-state index is 12.6. The molecule has 3 aromatic rings. The second kappa shape index (κ2) is 6.62. The quantitative estimate of drug-likeness (QED) is 0.782. The molecular weight excluding hydrogens is 306 g/mol. The Hall–Kier alpha value is -3.02. The smallest absolute Gasteiger partial charge is 0.247 e. The lowest BCUT2D eigenvalue weighted by molar-refractivity contribution is -0.118. The molecule has 1 heterocycles. The lowest BCUT2D eigenvalue weighted by atomic mass is 10.2. The standard InChI is InChI=1S/C18H19N3O3/c1-12(21-11-19-16-6-4-5-7-17(16)21)18(22)20-13-8-14(23-2)10-15(9-13)24-3/h4-12H,1-3H3,(H,20,22). The molecule has 0 bridgehead atoms. The molecule has 1 aromatic heterocycles. The monoisotopic (exact) mass is 325 g/mol. The van der Waals surface area contributed by atoms with Gasteiger partial charge in [-0.1, -0.05) is 12.1 Å². The SMILES string of the molecule is COc1cc(NC(=O)C(C)n2cnc3ccccc32)cc(OC)c1. The first-order valence-corrected chi connectivity index (χ1v) is 7.58. The lowest BCUT2D eigenvalue weighted by Crippen LogP contribution is -2.23. The molecule has 0 aliphatic carbocycles. The zero-order valence-electron chi connectivity index (χ0n) is 13.8. The predicted molar refractivity (Wildman–Crippen MR) is 92.6 cm³/mol. The number of methoxy groups -OCH3 is 2. The van der Waals surface area contributed by atoms with Crippen molar-refractivity contribution in [1.29, 1.82) is 0 Å². The maximum atomic E-state index is 12.6. The van der Waals surface area contributed by atoms with E-state index < -0.39 is 6.04 Å². The van der Waals surface area contributed by atoms with Crippen LogP contribution in [-0.4, -0.2) is 29.7 Å². The zero-order valence-corrected chi connectivity index (χ0v) is 13.8. The summed E-state index contributed by atoms with van der Waals surface area (Å²) in [5.41, 5.74) is 2.40. The van der Waals surface area contributed by atoms with Gasteiger partial charge in [-0.2, -0.15) is 0 Å². The van der Waals surface area contributed by atoms with Gasteiger partial charge in [0.05, 0.1) is 31.6 Å². The summed E-state index contributed by atoms with van der Waals surface area (Å²) in [4.78, 5) is 16.9. The van der Waals surface area contributed by atoms with E-state index in [0.29, 0.717) is 17.2 Å². The van der Waals surface area contributed by atoms with Gasteiger partial charge in [-0.3, -0.25) is 4.79 Å². The van der Waals surface area contributed by atoms with Gasteiger partial charge < -0.3 is 19.4 Å². The molecule has 1 atom stereocenters. The van der Waals surface area contributed by atoms with Crippen LogP contribution in [-0.2, 0) is 4.79 Å². The summed E-state index contributed by atoms with van der Waals surface area (Å²) in [6.07, 6.45) is 1.68. The zero-order chi connectivity index (χ0) is 17.1. The highest BCUT2D eigenvalue weighted by Gasteiger charge is 2.17. The fourth-order valence-corrected chi connectivity index (χ4v) is 2.54. The van der Waals surface area contributed by atoms with E-state index >= 15 is 0 Å². The summed E-state index contributed by atoms with van der Waals surface area (Å²) in [6.45, 7) is 1.83.